The van der Waals surface area contributed by atoms with Gasteiger partial charge < -0.3 is 0 Å². The van der Waals surface area contributed by atoms with Crippen LogP contribution < -0.4 is 0 Å². The molecule has 0 atom stereocenters. The molecule has 0 spiro atoms. The van der Waals surface area contributed by atoms with Crippen LogP contribution in [0.15, 0.2) is 23.3 Å². The summed E-state index contributed by atoms with van der Waals surface area (Å²) < 4.78 is 0. The van der Waals surface area contributed by atoms with Gasteiger partial charge in [-0.3, -0.25) is 0 Å². The van der Waals surface area contributed by atoms with Crippen molar-refractivity contribution in [3.63, 3.8) is 0 Å². The van der Waals surface area contributed by atoms with Crippen molar-refractivity contribution in [1.82, 2.24) is 0 Å². The van der Waals surface area contributed by atoms with E-state index in [-0.39, 0.29) is 0 Å². The Hall–Kier alpha value is -0.230. The van der Waals surface area contributed by atoms with Crippen molar-refractivity contribution in [2.45, 2.75) is 13.8 Å². The highest BCUT2D eigenvalue weighted by molar-refractivity contribution is 6.29. The maximum Gasteiger partial charge on any atom is 0.0178 e. The van der Waals surface area contributed by atoms with Crippen molar-refractivity contribution in [3.05, 3.63) is 23.3 Å². The van der Waals surface area contributed by atoms with Gasteiger partial charge in [0, 0.05) is 5.03 Å². The number of hydrogen-bond donors (Lipinski definition) is 0. The van der Waals surface area contributed by atoms with Crippen molar-refractivity contribution in [3.8, 4) is 0 Å². The summed E-state index contributed by atoms with van der Waals surface area (Å²) in [6, 6.07) is 0. The smallest absolute Gasteiger partial charge is 0.0178 e. The predicted molar refractivity (Wildman–Crippen MR) is 34.4 cm³/mol. The molecule has 0 nitrogen and oxygen atoms in total. The van der Waals surface area contributed by atoms with Gasteiger partial charge in [0.1, 0.15) is 0 Å². The van der Waals surface area contributed by atoms with Crippen molar-refractivity contribution in [2.24, 2.45) is 0 Å². The summed E-state index contributed by atoms with van der Waals surface area (Å²) in [5.41, 5.74) is 1.04. The summed E-state index contributed by atoms with van der Waals surface area (Å²) in [7, 11) is 0. The summed E-state index contributed by atoms with van der Waals surface area (Å²) in [5, 5.41) is 0.815. The van der Waals surface area contributed by atoms with E-state index in [1.165, 1.54) is 0 Å². The van der Waals surface area contributed by atoms with Crippen LogP contribution in [0.1, 0.15) is 13.8 Å². The van der Waals surface area contributed by atoms with Crippen LogP contribution >= 0.6 is 11.6 Å². The number of hydrogen-bond acceptors (Lipinski definition) is 0. The quantitative estimate of drug-likeness (QED) is 0.462. The molecule has 0 rings (SSSR count). The normalized spacial score (nSPS) is 13.0. The van der Waals surface area contributed by atoms with Crippen LogP contribution in [0.5, 0.6) is 0 Å². The fourth-order valence-corrected chi connectivity index (χ4v) is 0.218. The number of allylic oxidation sites excluding steroid dienone is 3. The molecule has 0 unspecified atom stereocenters. The van der Waals surface area contributed by atoms with E-state index in [9.17, 15) is 0 Å². The molecule has 0 bridgehead atoms. The molecular formula is C6H9Cl. The van der Waals surface area contributed by atoms with Crippen LogP contribution in [0, 0.1) is 0 Å². The van der Waals surface area contributed by atoms with Gasteiger partial charge in [-0.1, -0.05) is 24.3 Å². The fourth-order valence-electron chi connectivity index (χ4n) is 0.141. The van der Waals surface area contributed by atoms with Crippen LogP contribution in [0.25, 0.3) is 0 Å². The van der Waals surface area contributed by atoms with Gasteiger partial charge in [-0.2, -0.15) is 0 Å². The van der Waals surface area contributed by atoms with E-state index < -0.39 is 0 Å². The average molecular weight is 117 g/mol. The molecular weight excluding hydrogens is 108 g/mol. The lowest BCUT2D eigenvalue weighted by Gasteiger charge is -1.87. The van der Waals surface area contributed by atoms with Crippen LogP contribution in [-0.2, 0) is 0 Å². The molecule has 0 N–H and O–H groups in total. The molecule has 7 heavy (non-hydrogen) atoms. The molecule has 0 heterocycles. The predicted octanol–water partition coefficient (Wildman–Crippen LogP) is 2.71. The highest BCUT2D eigenvalue weighted by Gasteiger charge is 1.81. The lowest BCUT2D eigenvalue weighted by Crippen LogP contribution is -1.65. The Morgan fingerprint density at radius 3 is 2.00 bits per heavy atom. The fraction of sp³-hybridized carbons (Fsp3) is 0.333. The second-order valence-corrected chi connectivity index (χ2v) is 1.99. The maximum absolute atomic E-state index is 5.54. The van der Waals surface area contributed by atoms with Gasteiger partial charge in [-0.15, -0.1) is 0 Å². The third-order valence-corrected chi connectivity index (χ3v) is 1.15. The average Bonchev–Trinajstić information content (AvgIpc) is 1.65. The summed E-state index contributed by atoms with van der Waals surface area (Å²) in [5.74, 6) is 0. The first kappa shape index (κ1) is 6.77. The van der Waals surface area contributed by atoms with Crippen molar-refractivity contribution in [2.75, 3.05) is 0 Å². The molecule has 0 aliphatic heterocycles. The Bertz CT molecular complexity index is 96.7. The van der Waals surface area contributed by atoms with Gasteiger partial charge in [0.25, 0.3) is 0 Å². The van der Waals surface area contributed by atoms with Crippen molar-refractivity contribution >= 4 is 11.6 Å². The maximum atomic E-state index is 5.54. The summed E-state index contributed by atoms with van der Waals surface area (Å²) in [6.45, 7) is 7.31. The van der Waals surface area contributed by atoms with Crippen molar-refractivity contribution < 1.29 is 0 Å². The topological polar surface area (TPSA) is 0 Å². The number of rotatable bonds is 1. The molecule has 0 aromatic carbocycles. The van der Waals surface area contributed by atoms with Gasteiger partial charge in [0.2, 0.25) is 0 Å². The van der Waals surface area contributed by atoms with Crippen LogP contribution in [0.2, 0.25) is 0 Å². The SMILES string of the molecule is C=C/C(C)=C(\C)Cl. The van der Waals surface area contributed by atoms with E-state index in [1.807, 2.05) is 13.8 Å². The molecule has 0 amide bonds. The van der Waals surface area contributed by atoms with Crippen LogP contribution in [0.3, 0.4) is 0 Å². The molecule has 0 aromatic heterocycles. The molecule has 0 aromatic rings. The minimum Gasteiger partial charge on any atom is -0.0988 e. The van der Waals surface area contributed by atoms with Gasteiger partial charge in [-0.05, 0) is 19.4 Å². The highest BCUT2D eigenvalue weighted by atomic mass is 35.5. The largest absolute Gasteiger partial charge is 0.0988 e. The molecule has 0 radical (unpaired) electrons. The molecule has 40 valence electrons. The third kappa shape index (κ3) is 2.46. The van der Waals surface area contributed by atoms with Gasteiger partial charge in [0.15, 0.2) is 0 Å². The molecule has 0 saturated heterocycles. The van der Waals surface area contributed by atoms with E-state index >= 15 is 0 Å². The van der Waals surface area contributed by atoms with Crippen molar-refractivity contribution in [1.29, 1.82) is 0 Å². The summed E-state index contributed by atoms with van der Waals surface area (Å²) in [4.78, 5) is 0. The van der Waals surface area contributed by atoms with E-state index in [4.69, 9.17) is 11.6 Å². The Balaban J connectivity index is 3.98. The van der Waals surface area contributed by atoms with E-state index in [1.54, 1.807) is 6.08 Å². The van der Waals surface area contributed by atoms with Gasteiger partial charge in [-0.25, -0.2) is 0 Å². The van der Waals surface area contributed by atoms with E-state index in [2.05, 4.69) is 6.58 Å². The van der Waals surface area contributed by atoms with Crippen LogP contribution in [-0.4, -0.2) is 0 Å². The standard InChI is InChI=1S/C6H9Cl/c1-4-5(2)6(3)7/h4H,1H2,2-3H3/b6-5+. The zero-order chi connectivity index (χ0) is 5.86. The Morgan fingerprint density at radius 1 is 1.57 bits per heavy atom. The minimum absolute atomic E-state index is 0.815. The lowest BCUT2D eigenvalue weighted by molar-refractivity contribution is 1.45. The Morgan fingerprint density at radius 2 is 2.00 bits per heavy atom. The third-order valence-electron chi connectivity index (χ3n) is 0.850. The molecule has 0 aliphatic carbocycles. The zero-order valence-electron chi connectivity index (χ0n) is 4.66. The first-order valence-corrected chi connectivity index (χ1v) is 2.51. The minimum atomic E-state index is 0.815. The summed E-state index contributed by atoms with van der Waals surface area (Å²) >= 11 is 5.54. The zero-order valence-corrected chi connectivity index (χ0v) is 5.42. The molecule has 0 saturated carbocycles. The molecule has 0 aliphatic rings. The summed E-state index contributed by atoms with van der Waals surface area (Å²) in [6.07, 6.45) is 1.74. The molecule has 0 fully saturated rings. The lowest BCUT2D eigenvalue weighted by atomic mass is 10.3. The van der Waals surface area contributed by atoms with E-state index in [0.717, 1.165) is 10.6 Å². The second kappa shape index (κ2) is 2.86. The first-order valence-electron chi connectivity index (χ1n) is 2.14. The first-order chi connectivity index (χ1) is 3.18. The highest BCUT2D eigenvalue weighted by Crippen LogP contribution is 2.06. The number of halogens is 1. The van der Waals surface area contributed by atoms with E-state index in [0.29, 0.717) is 0 Å². The van der Waals surface area contributed by atoms with Crippen LogP contribution in [0.4, 0.5) is 0 Å². The Kier molecular flexibility index (Phi) is 2.77. The van der Waals surface area contributed by atoms with Gasteiger partial charge >= 0.3 is 0 Å². The molecule has 1 heteroatoms. The second-order valence-electron chi connectivity index (χ2n) is 1.42. The van der Waals surface area contributed by atoms with Gasteiger partial charge in [0.05, 0.1) is 0 Å². The Labute approximate surface area is 49.5 Å². The monoisotopic (exact) mass is 116 g/mol.